The van der Waals surface area contributed by atoms with Crippen molar-refractivity contribution in [3.05, 3.63) is 0 Å². The third kappa shape index (κ3) is 8.47. The lowest BCUT2D eigenvalue weighted by molar-refractivity contribution is -0.141. The maximum Gasteiger partial charge on any atom is 0.314 e. The van der Waals surface area contributed by atoms with Crippen molar-refractivity contribution in [3.8, 4) is 0 Å². The van der Waals surface area contributed by atoms with Crippen molar-refractivity contribution in [1.82, 2.24) is 10.6 Å². The van der Waals surface area contributed by atoms with E-state index in [0.717, 1.165) is 0 Å². The van der Waals surface area contributed by atoms with Crippen molar-refractivity contribution in [2.75, 3.05) is 20.2 Å². The third-order valence-electron chi connectivity index (χ3n) is 2.11. The molecule has 2 unspecified atom stereocenters. The van der Waals surface area contributed by atoms with Crippen LogP contribution >= 0.6 is 0 Å². The summed E-state index contributed by atoms with van der Waals surface area (Å²) in [5, 5.41) is 23.0. The van der Waals surface area contributed by atoms with Crippen molar-refractivity contribution in [2.24, 2.45) is 0 Å². The number of aliphatic hydroxyl groups is 1. The quantitative estimate of drug-likeness (QED) is 0.488. The molecule has 2 amide bonds. The molecule has 0 fully saturated rings. The molecule has 0 aromatic heterocycles. The van der Waals surface area contributed by atoms with E-state index in [9.17, 15) is 14.7 Å². The lowest BCUT2D eigenvalue weighted by atomic mass is 10.0. The third-order valence-corrected chi connectivity index (χ3v) is 2.11. The minimum absolute atomic E-state index is 0.111. The zero-order valence-electron chi connectivity index (χ0n) is 10.3. The largest absolute Gasteiger partial charge is 0.481 e. The van der Waals surface area contributed by atoms with Crippen LogP contribution in [0.25, 0.3) is 0 Å². The number of amides is 2. The Balaban J connectivity index is 3.86. The van der Waals surface area contributed by atoms with Crippen molar-refractivity contribution in [1.29, 1.82) is 0 Å². The van der Waals surface area contributed by atoms with Crippen molar-refractivity contribution in [2.45, 2.75) is 32.0 Å². The second-order valence-corrected chi connectivity index (χ2v) is 4.18. The van der Waals surface area contributed by atoms with Crippen LogP contribution < -0.4 is 10.6 Å². The van der Waals surface area contributed by atoms with Gasteiger partial charge in [0.1, 0.15) is 0 Å². The molecule has 0 aliphatic rings. The van der Waals surface area contributed by atoms with Crippen LogP contribution in [0.5, 0.6) is 0 Å². The monoisotopic (exact) mass is 248 g/mol. The molecule has 100 valence electrons. The van der Waals surface area contributed by atoms with Crippen molar-refractivity contribution < 1.29 is 24.5 Å². The van der Waals surface area contributed by atoms with Gasteiger partial charge in [-0.3, -0.25) is 4.79 Å². The van der Waals surface area contributed by atoms with E-state index in [-0.39, 0.29) is 12.6 Å². The van der Waals surface area contributed by atoms with Crippen LogP contribution in [0, 0.1) is 0 Å². The zero-order valence-corrected chi connectivity index (χ0v) is 10.3. The smallest absolute Gasteiger partial charge is 0.314 e. The maximum atomic E-state index is 11.3. The fourth-order valence-corrected chi connectivity index (χ4v) is 1.04. The van der Waals surface area contributed by atoms with Crippen LogP contribution in [0.4, 0.5) is 4.79 Å². The SMILES string of the molecule is COC(C)CNC(=O)NCC(C)(O)CC(=O)O. The first-order valence-electron chi connectivity index (χ1n) is 5.25. The molecule has 0 bridgehead atoms. The summed E-state index contributed by atoms with van der Waals surface area (Å²) in [4.78, 5) is 21.7. The number of carbonyl (C=O) groups is 2. The first-order valence-corrected chi connectivity index (χ1v) is 5.25. The van der Waals surface area contributed by atoms with Gasteiger partial charge in [-0.05, 0) is 13.8 Å². The van der Waals surface area contributed by atoms with Gasteiger partial charge in [0.15, 0.2) is 0 Å². The molecule has 0 saturated carbocycles. The highest BCUT2D eigenvalue weighted by Gasteiger charge is 2.24. The minimum Gasteiger partial charge on any atom is -0.481 e. The number of carboxylic acid groups (broad SMARTS) is 1. The fourth-order valence-electron chi connectivity index (χ4n) is 1.04. The number of hydrogen-bond acceptors (Lipinski definition) is 4. The maximum absolute atomic E-state index is 11.3. The van der Waals surface area contributed by atoms with Crippen LogP contribution in [0.3, 0.4) is 0 Å². The highest BCUT2D eigenvalue weighted by molar-refractivity contribution is 5.74. The van der Waals surface area contributed by atoms with Crippen LogP contribution in [0.15, 0.2) is 0 Å². The van der Waals surface area contributed by atoms with Crippen LogP contribution in [-0.2, 0) is 9.53 Å². The number of aliphatic carboxylic acids is 1. The molecule has 0 aromatic rings. The summed E-state index contributed by atoms with van der Waals surface area (Å²) in [6.07, 6.45) is -0.540. The normalized spacial score (nSPS) is 15.8. The number of nitrogens with one attached hydrogen (secondary N) is 2. The second kappa shape index (κ2) is 7.08. The molecule has 7 heteroatoms. The lowest BCUT2D eigenvalue weighted by Crippen LogP contribution is -2.47. The van der Waals surface area contributed by atoms with Gasteiger partial charge in [-0.2, -0.15) is 0 Å². The Morgan fingerprint density at radius 3 is 2.47 bits per heavy atom. The molecule has 0 aromatic carbocycles. The van der Waals surface area contributed by atoms with Gasteiger partial charge >= 0.3 is 12.0 Å². The fraction of sp³-hybridized carbons (Fsp3) is 0.800. The summed E-state index contributed by atoms with van der Waals surface area (Å²) in [6.45, 7) is 3.34. The molecule has 0 heterocycles. The van der Waals surface area contributed by atoms with Crippen LogP contribution in [0.1, 0.15) is 20.3 Å². The Bertz CT molecular complexity index is 267. The summed E-state index contributed by atoms with van der Waals surface area (Å²) in [6, 6.07) is -0.473. The van der Waals surface area contributed by atoms with E-state index in [1.165, 1.54) is 14.0 Å². The van der Waals surface area contributed by atoms with Gasteiger partial charge < -0.3 is 25.6 Å². The zero-order chi connectivity index (χ0) is 13.5. The average Bonchev–Trinajstić information content (AvgIpc) is 2.21. The predicted molar refractivity (Wildman–Crippen MR) is 60.7 cm³/mol. The van der Waals surface area contributed by atoms with Crippen molar-refractivity contribution in [3.63, 3.8) is 0 Å². The first kappa shape index (κ1) is 15.7. The molecule has 0 aliphatic heterocycles. The summed E-state index contributed by atoms with van der Waals surface area (Å²) in [7, 11) is 1.53. The topological polar surface area (TPSA) is 108 Å². The molecule has 7 nitrogen and oxygen atoms in total. The van der Waals surface area contributed by atoms with E-state index >= 15 is 0 Å². The number of urea groups is 1. The summed E-state index contributed by atoms with van der Waals surface area (Å²) >= 11 is 0. The van der Waals surface area contributed by atoms with Gasteiger partial charge in [-0.1, -0.05) is 0 Å². The standard InChI is InChI=1S/C10H20N2O5/c1-7(17-3)5-11-9(15)12-6-10(2,16)4-8(13)14/h7,16H,4-6H2,1-3H3,(H,13,14)(H2,11,12,15). The van der Waals surface area contributed by atoms with E-state index in [2.05, 4.69) is 10.6 Å². The molecule has 0 saturated heterocycles. The van der Waals surface area contributed by atoms with E-state index in [4.69, 9.17) is 9.84 Å². The van der Waals surface area contributed by atoms with E-state index in [1.807, 2.05) is 0 Å². The number of methoxy groups -OCH3 is 1. The Morgan fingerprint density at radius 1 is 1.41 bits per heavy atom. The number of ether oxygens (including phenoxy) is 1. The molecular formula is C10H20N2O5. The van der Waals surface area contributed by atoms with Gasteiger partial charge in [-0.25, -0.2) is 4.79 Å². The number of carboxylic acids is 1. The Kier molecular flexibility index (Phi) is 6.52. The highest BCUT2D eigenvalue weighted by Crippen LogP contribution is 2.06. The van der Waals surface area contributed by atoms with Crippen LogP contribution in [0.2, 0.25) is 0 Å². The molecule has 0 spiro atoms. The molecule has 0 rings (SSSR count). The number of carbonyl (C=O) groups excluding carboxylic acids is 1. The lowest BCUT2D eigenvalue weighted by Gasteiger charge is -2.21. The van der Waals surface area contributed by atoms with Crippen molar-refractivity contribution >= 4 is 12.0 Å². The Labute approximate surface area is 100 Å². The number of rotatable bonds is 7. The first-order chi connectivity index (χ1) is 7.76. The average molecular weight is 248 g/mol. The second-order valence-electron chi connectivity index (χ2n) is 4.18. The highest BCUT2D eigenvalue weighted by atomic mass is 16.5. The van der Waals surface area contributed by atoms with Gasteiger partial charge in [0.05, 0.1) is 18.1 Å². The predicted octanol–water partition coefficient (Wildman–Crippen LogP) is -0.454. The molecule has 0 radical (unpaired) electrons. The van der Waals surface area contributed by atoms with Gasteiger partial charge in [0.25, 0.3) is 0 Å². The van der Waals surface area contributed by atoms with Gasteiger partial charge in [0, 0.05) is 20.2 Å². The number of hydrogen-bond donors (Lipinski definition) is 4. The van der Waals surface area contributed by atoms with Gasteiger partial charge in [0.2, 0.25) is 0 Å². The molecule has 2 atom stereocenters. The minimum atomic E-state index is -1.46. The van der Waals surface area contributed by atoms with E-state index in [0.29, 0.717) is 6.54 Å². The van der Waals surface area contributed by atoms with E-state index in [1.54, 1.807) is 6.92 Å². The van der Waals surface area contributed by atoms with E-state index < -0.39 is 24.0 Å². The summed E-state index contributed by atoms with van der Waals surface area (Å²) < 4.78 is 4.93. The Morgan fingerprint density at radius 2 is 2.00 bits per heavy atom. The summed E-state index contributed by atoms with van der Waals surface area (Å²) in [5.74, 6) is -1.12. The summed E-state index contributed by atoms with van der Waals surface area (Å²) in [5.41, 5.74) is -1.46. The van der Waals surface area contributed by atoms with Crippen LogP contribution in [-0.4, -0.2) is 54.1 Å². The molecule has 17 heavy (non-hydrogen) atoms. The molecular weight excluding hydrogens is 228 g/mol. The Hall–Kier alpha value is -1.34. The van der Waals surface area contributed by atoms with Gasteiger partial charge in [-0.15, -0.1) is 0 Å². The molecule has 0 aliphatic carbocycles. The molecule has 4 N–H and O–H groups in total.